The number of imidazole rings is 1. The van der Waals surface area contributed by atoms with Gasteiger partial charge in [-0.15, -0.1) is 0 Å². The molecule has 0 saturated carbocycles. The summed E-state index contributed by atoms with van der Waals surface area (Å²) in [5, 5.41) is 3.48. The normalized spacial score (nSPS) is 13.8. The lowest BCUT2D eigenvalue weighted by atomic mass is 10.3. The molecule has 7 nitrogen and oxygen atoms in total. The van der Waals surface area contributed by atoms with Gasteiger partial charge >= 0.3 is 12.4 Å². The Kier molecular flexibility index (Phi) is 5.35. The van der Waals surface area contributed by atoms with E-state index in [1.54, 1.807) is 6.92 Å². The van der Waals surface area contributed by atoms with E-state index in [1.165, 1.54) is 11.6 Å². The molecule has 32 heavy (non-hydrogen) atoms. The molecule has 0 aliphatic rings. The number of aromatic nitrogens is 6. The van der Waals surface area contributed by atoms with Gasteiger partial charge in [0.25, 0.3) is 0 Å². The minimum atomic E-state index is -4.66. The maximum atomic E-state index is 13.0. The molecule has 1 atom stereocenters. The molecule has 0 spiro atoms. The van der Waals surface area contributed by atoms with Crippen LogP contribution < -0.4 is 0 Å². The highest BCUT2D eigenvalue weighted by atomic mass is 32.2. The minimum Gasteiger partial charge on any atom is -0.324 e. The Morgan fingerprint density at radius 1 is 1.09 bits per heavy atom. The fourth-order valence-electron chi connectivity index (χ4n) is 2.86. The Bertz CT molecular complexity index is 1340. The SMILES string of the molecule is CCS(=O)c1sc(-n2ccc(C(F)(F)F)n2)nc1-c1nc2cc(C(F)(F)F)ncc2n1C. The Hall–Kier alpha value is -2.81. The summed E-state index contributed by atoms with van der Waals surface area (Å²) in [5.41, 5.74) is -1.90. The number of hydrogen-bond donors (Lipinski definition) is 0. The van der Waals surface area contributed by atoms with Gasteiger partial charge in [-0.25, -0.2) is 19.6 Å². The molecule has 0 aliphatic heterocycles. The van der Waals surface area contributed by atoms with Crippen LogP contribution in [0.25, 0.3) is 27.7 Å². The molecule has 0 aliphatic carbocycles. The van der Waals surface area contributed by atoms with Crippen molar-refractivity contribution in [1.29, 1.82) is 0 Å². The second-order valence-corrected chi connectivity index (χ2v) is 9.37. The van der Waals surface area contributed by atoms with E-state index >= 15 is 0 Å². The van der Waals surface area contributed by atoms with E-state index < -0.39 is 34.5 Å². The number of fused-ring (bicyclic) bond motifs is 1. The summed E-state index contributed by atoms with van der Waals surface area (Å²) in [4.78, 5) is 11.9. The number of pyridine rings is 1. The highest BCUT2D eigenvalue weighted by Gasteiger charge is 2.35. The van der Waals surface area contributed by atoms with Crippen LogP contribution in [0.2, 0.25) is 0 Å². The summed E-state index contributed by atoms with van der Waals surface area (Å²) in [5.74, 6) is 0.286. The number of rotatable bonds is 4. The average molecular weight is 494 g/mol. The molecular weight excluding hydrogens is 482 g/mol. The van der Waals surface area contributed by atoms with Gasteiger partial charge in [0.1, 0.15) is 15.6 Å². The zero-order chi connectivity index (χ0) is 23.4. The average Bonchev–Trinajstić information content (AvgIpc) is 3.43. The topological polar surface area (TPSA) is 78.5 Å². The zero-order valence-corrected chi connectivity index (χ0v) is 17.8. The molecule has 4 heterocycles. The van der Waals surface area contributed by atoms with E-state index in [0.717, 1.165) is 40.5 Å². The smallest absolute Gasteiger partial charge is 0.324 e. The molecule has 170 valence electrons. The minimum absolute atomic E-state index is 0.00783. The van der Waals surface area contributed by atoms with Gasteiger partial charge in [0.05, 0.1) is 28.0 Å². The van der Waals surface area contributed by atoms with E-state index in [9.17, 15) is 30.6 Å². The van der Waals surface area contributed by atoms with E-state index in [4.69, 9.17) is 0 Å². The first-order chi connectivity index (χ1) is 14.9. The Balaban J connectivity index is 1.87. The Morgan fingerprint density at radius 3 is 2.38 bits per heavy atom. The highest BCUT2D eigenvalue weighted by molar-refractivity contribution is 7.87. The van der Waals surface area contributed by atoms with Crippen molar-refractivity contribution >= 4 is 33.2 Å². The lowest BCUT2D eigenvalue weighted by Crippen LogP contribution is -2.07. The lowest BCUT2D eigenvalue weighted by Gasteiger charge is -2.04. The van der Waals surface area contributed by atoms with E-state index in [2.05, 4.69) is 20.1 Å². The summed E-state index contributed by atoms with van der Waals surface area (Å²) in [6.45, 7) is 1.64. The van der Waals surface area contributed by atoms with Crippen molar-refractivity contribution in [3.8, 4) is 16.6 Å². The van der Waals surface area contributed by atoms with Crippen molar-refractivity contribution in [2.24, 2.45) is 7.05 Å². The molecule has 4 aromatic heterocycles. The molecular formula is C17H12F6N6OS2. The number of alkyl halides is 6. The molecule has 1 unspecified atom stereocenters. The first-order valence-electron chi connectivity index (χ1n) is 8.82. The molecule has 0 radical (unpaired) electrons. The third kappa shape index (κ3) is 3.90. The lowest BCUT2D eigenvalue weighted by molar-refractivity contribution is -0.142. The van der Waals surface area contributed by atoms with Gasteiger partial charge in [0.2, 0.25) is 5.13 Å². The number of nitrogens with zero attached hydrogens (tertiary/aromatic N) is 6. The van der Waals surface area contributed by atoms with Crippen molar-refractivity contribution in [3.05, 3.63) is 35.9 Å². The fourth-order valence-corrected chi connectivity index (χ4v) is 5.15. The maximum Gasteiger partial charge on any atom is 0.435 e. The van der Waals surface area contributed by atoms with Crippen molar-refractivity contribution in [3.63, 3.8) is 0 Å². The van der Waals surface area contributed by atoms with E-state index in [1.807, 2.05) is 0 Å². The fraction of sp³-hybridized carbons (Fsp3) is 0.294. The van der Waals surface area contributed by atoms with Gasteiger partial charge in [-0.2, -0.15) is 31.4 Å². The van der Waals surface area contributed by atoms with Crippen molar-refractivity contribution in [2.45, 2.75) is 23.5 Å². The number of aryl methyl sites for hydroxylation is 1. The summed E-state index contributed by atoms with van der Waals surface area (Å²) < 4.78 is 92.8. The third-order valence-corrected chi connectivity index (χ3v) is 7.18. The molecule has 0 amide bonds. The third-order valence-electron chi connectivity index (χ3n) is 4.40. The van der Waals surface area contributed by atoms with Crippen LogP contribution in [-0.4, -0.2) is 39.3 Å². The molecule has 4 aromatic rings. The standard InChI is InChI=1S/C17H12F6N6OS2/c1-3-32(30)14-12(26-15(31-14)29-5-4-10(27-29)16(18,19)20)13-25-8-6-11(17(21,22)23)24-7-9(8)28(13)2/h4-7H,3H2,1-2H3. The first kappa shape index (κ1) is 22.4. The predicted octanol–water partition coefficient (Wildman–Crippen LogP) is 4.44. The van der Waals surface area contributed by atoms with Gasteiger partial charge < -0.3 is 4.57 Å². The van der Waals surface area contributed by atoms with Crippen LogP contribution in [0, 0.1) is 0 Å². The monoisotopic (exact) mass is 494 g/mol. The van der Waals surface area contributed by atoms with Crippen LogP contribution in [0.5, 0.6) is 0 Å². The summed E-state index contributed by atoms with van der Waals surface area (Å²) in [7, 11) is -0.0495. The van der Waals surface area contributed by atoms with Crippen LogP contribution >= 0.6 is 11.3 Å². The highest BCUT2D eigenvalue weighted by Crippen LogP contribution is 2.36. The van der Waals surface area contributed by atoms with E-state index in [-0.39, 0.29) is 37.6 Å². The van der Waals surface area contributed by atoms with E-state index in [0.29, 0.717) is 0 Å². The Morgan fingerprint density at radius 2 is 1.78 bits per heavy atom. The second-order valence-electron chi connectivity index (χ2n) is 6.46. The molecule has 0 aromatic carbocycles. The van der Waals surface area contributed by atoms with Crippen LogP contribution in [0.1, 0.15) is 18.3 Å². The molecule has 0 fully saturated rings. The van der Waals surface area contributed by atoms with Crippen LogP contribution in [0.3, 0.4) is 0 Å². The first-order valence-corrected chi connectivity index (χ1v) is 11.0. The van der Waals surface area contributed by atoms with Gasteiger partial charge in [0.15, 0.2) is 11.5 Å². The molecule has 15 heteroatoms. The largest absolute Gasteiger partial charge is 0.435 e. The maximum absolute atomic E-state index is 13.0. The Labute approximate surface area is 182 Å². The van der Waals surface area contributed by atoms with Crippen LogP contribution in [0.4, 0.5) is 26.3 Å². The summed E-state index contributed by atoms with van der Waals surface area (Å²) in [6, 6.07) is 1.56. The van der Waals surface area contributed by atoms with Crippen LogP contribution in [-0.2, 0) is 30.2 Å². The molecule has 0 bridgehead atoms. The quantitative estimate of drug-likeness (QED) is 0.392. The molecule has 0 saturated heterocycles. The molecule has 0 N–H and O–H groups in total. The second kappa shape index (κ2) is 7.65. The van der Waals surface area contributed by atoms with Gasteiger partial charge in [-0.1, -0.05) is 18.3 Å². The number of hydrogen-bond acceptors (Lipinski definition) is 6. The van der Waals surface area contributed by atoms with Crippen molar-refractivity contribution < 1.29 is 30.6 Å². The van der Waals surface area contributed by atoms with Gasteiger partial charge in [0, 0.05) is 19.0 Å². The summed E-state index contributed by atoms with van der Waals surface area (Å²) in [6.07, 6.45) is -7.23. The van der Waals surface area contributed by atoms with Crippen molar-refractivity contribution in [1.82, 2.24) is 29.3 Å². The number of thiazole rings is 1. The van der Waals surface area contributed by atoms with Crippen LogP contribution in [0.15, 0.2) is 28.7 Å². The van der Waals surface area contributed by atoms with Gasteiger partial charge in [-0.05, 0) is 12.1 Å². The van der Waals surface area contributed by atoms with Gasteiger partial charge in [-0.3, -0.25) is 4.21 Å². The predicted molar refractivity (Wildman–Crippen MR) is 104 cm³/mol. The number of halogens is 6. The zero-order valence-electron chi connectivity index (χ0n) is 16.2. The molecule has 4 rings (SSSR count). The van der Waals surface area contributed by atoms with Crippen molar-refractivity contribution in [2.75, 3.05) is 5.75 Å². The summed E-state index contributed by atoms with van der Waals surface area (Å²) >= 11 is 0.863.